The van der Waals surface area contributed by atoms with Crippen molar-refractivity contribution in [2.75, 3.05) is 6.54 Å². The third kappa shape index (κ3) is 3.11. The van der Waals surface area contributed by atoms with Crippen LogP contribution in [0.15, 0.2) is 28.8 Å². The van der Waals surface area contributed by atoms with Gasteiger partial charge in [-0.1, -0.05) is 23.4 Å². The summed E-state index contributed by atoms with van der Waals surface area (Å²) < 4.78 is 43.4. The molecular formula is C12H12F3N3O. The van der Waals surface area contributed by atoms with Gasteiger partial charge in [0.25, 0.3) is 0 Å². The number of alkyl halides is 3. The molecule has 102 valence electrons. The summed E-state index contributed by atoms with van der Waals surface area (Å²) in [5.41, 5.74) is 4.47. The van der Waals surface area contributed by atoms with Crippen molar-refractivity contribution in [3.63, 3.8) is 0 Å². The van der Waals surface area contributed by atoms with Crippen molar-refractivity contribution >= 4 is 0 Å². The van der Waals surface area contributed by atoms with E-state index in [1.165, 1.54) is 18.2 Å². The molecule has 0 saturated heterocycles. The summed E-state index contributed by atoms with van der Waals surface area (Å²) in [6.45, 7) is 0.455. The molecular weight excluding hydrogens is 259 g/mol. The predicted molar refractivity (Wildman–Crippen MR) is 62.1 cm³/mol. The first-order chi connectivity index (χ1) is 9.02. The molecule has 0 aliphatic heterocycles. The molecule has 0 aliphatic carbocycles. The molecule has 0 spiro atoms. The Morgan fingerprint density at radius 3 is 2.63 bits per heavy atom. The highest BCUT2D eigenvalue weighted by atomic mass is 19.4. The minimum Gasteiger partial charge on any atom is -0.339 e. The molecule has 0 atom stereocenters. The molecule has 2 rings (SSSR count). The summed E-state index contributed by atoms with van der Waals surface area (Å²) in [6, 6.07) is 5.13. The highest BCUT2D eigenvalue weighted by Gasteiger charge is 2.34. The number of aryl methyl sites for hydroxylation is 1. The van der Waals surface area contributed by atoms with E-state index in [2.05, 4.69) is 10.1 Å². The van der Waals surface area contributed by atoms with Crippen LogP contribution < -0.4 is 5.73 Å². The van der Waals surface area contributed by atoms with Crippen LogP contribution in [-0.2, 0) is 12.6 Å². The van der Waals surface area contributed by atoms with E-state index in [1.807, 2.05) is 0 Å². The number of nitrogens with zero attached hydrogens (tertiary/aromatic N) is 2. The molecule has 0 radical (unpaired) electrons. The van der Waals surface area contributed by atoms with Gasteiger partial charge >= 0.3 is 6.18 Å². The summed E-state index contributed by atoms with van der Waals surface area (Å²) in [6.07, 6.45) is -3.35. The zero-order chi connectivity index (χ0) is 13.9. The number of nitrogens with two attached hydrogens (primary N) is 1. The second kappa shape index (κ2) is 5.40. The van der Waals surface area contributed by atoms with E-state index in [1.54, 1.807) is 0 Å². The first-order valence-corrected chi connectivity index (χ1v) is 5.71. The summed E-state index contributed by atoms with van der Waals surface area (Å²) in [4.78, 5) is 3.96. The quantitative estimate of drug-likeness (QED) is 0.928. The van der Waals surface area contributed by atoms with Crippen LogP contribution in [-0.4, -0.2) is 16.7 Å². The second-order valence-electron chi connectivity index (χ2n) is 3.95. The van der Waals surface area contributed by atoms with Gasteiger partial charge in [0.05, 0.1) is 5.56 Å². The molecule has 0 fully saturated rings. The topological polar surface area (TPSA) is 64.9 Å². The van der Waals surface area contributed by atoms with Crippen molar-refractivity contribution in [3.8, 4) is 11.4 Å². The molecule has 7 heteroatoms. The SMILES string of the molecule is NCCCc1nc(-c2ccccc2C(F)(F)F)no1. The van der Waals surface area contributed by atoms with Gasteiger partial charge in [0.15, 0.2) is 0 Å². The highest BCUT2D eigenvalue weighted by molar-refractivity contribution is 5.60. The lowest BCUT2D eigenvalue weighted by atomic mass is 10.1. The first kappa shape index (κ1) is 13.5. The normalized spacial score (nSPS) is 11.8. The van der Waals surface area contributed by atoms with E-state index in [-0.39, 0.29) is 17.3 Å². The first-order valence-electron chi connectivity index (χ1n) is 5.71. The summed E-state index contributed by atoms with van der Waals surface area (Å²) >= 11 is 0. The number of aromatic nitrogens is 2. The monoisotopic (exact) mass is 271 g/mol. The van der Waals surface area contributed by atoms with Gasteiger partial charge in [-0.2, -0.15) is 18.2 Å². The minimum absolute atomic E-state index is 0.0556. The Morgan fingerprint density at radius 1 is 1.21 bits per heavy atom. The van der Waals surface area contributed by atoms with E-state index in [9.17, 15) is 13.2 Å². The Morgan fingerprint density at radius 2 is 1.95 bits per heavy atom. The van der Waals surface area contributed by atoms with Crippen molar-refractivity contribution in [1.82, 2.24) is 10.1 Å². The summed E-state index contributed by atoms with van der Waals surface area (Å²) in [7, 11) is 0. The Labute approximate surface area is 107 Å². The van der Waals surface area contributed by atoms with Crippen molar-refractivity contribution < 1.29 is 17.7 Å². The van der Waals surface area contributed by atoms with Gasteiger partial charge in [0, 0.05) is 12.0 Å². The van der Waals surface area contributed by atoms with Crippen molar-refractivity contribution in [3.05, 3.63) is 35.7 Å². The van der Waals surface area contributed by atoms with Crippen LogP contribution in [0, 0.1) is 0 Å². The minimum atomic E-state index is -4.45. The molecule has 0 bridgehead atoms. The van der Waals surface area contributed by atoms with E-state index in [0.717, 1.165) is 6.07 Å². The van der Waals surface area contributed by atoms with Crippen molar-refractivity contribution in [2.24, 2.45) is 5.73 Å². The zero-order valence-corrected chi connectivity index (χ0v) is 9.94. The highest BCUT2D eigenvalue weighted by Crippen LogP contribution is 2.35. The zero-order valence-electron chi connectivity index (χ0n) is 9.94. The standard InChI is InChI=1S/C12H12F3N3O/c13-12(14,15)9-5-2-1-4-8(9)11-17-10(19-18-11)6-3-7-16/h1-2,4-5H,3,6-7,16H2. The third-order valence-corrected chi connectivity index (χ3v) is 2.54. The van der Waals surface area contributed by atoms with Gasteiger partial charge in [0.1, 0.15) is 0 Å². The molecule has 2 aromatic rings. The molecule has 0 aliphatic rings. The van der Waals surface area contributed by atoms with Gasteiger partial charge in [0.2, 0.25) is 11.7 Å². The van der Waals surface area contributed by atoms with Crippen LogP contribution in [0.5, 0.6) is 0 Å². The van der Waals surface area contributed by atoms with Crippen molar-refractivity contribution in [1.29, 1.82) is 0 Å². The summed E-state index contributed by atoms with van der Waals surface area (Å²) in [5.74, 6) is 0.234. The van der Waals surface area contributed by atoms with E-state index < -0.39 is 11.7 Å². The average Bonchev–Trinajstić information content (AvgIpc) is 2.84. The average molecular weight is 271 g/mol. The number of rotatable bonds is 4. The molecule has 0 unspecified atom stereocenters. The Balaban J connectivity index is 2.34. The van der Waals surface area contributed by atoms with Gasteiger partial charge in [-0.3, -0.25) is 0 Å². The summed E-state index contributed by atoms with van der Waals surface area (Å²) in [5, 5.41) is 3.59. The molecule has 0 amide bonds. The Bertz CT molecular complexity index is 551. The fourth-order valence-electron chi connectivity index (χ4n) is 1.64. The van der Waals surface area contributed by atoms with Gasteiger partial charge in [-0.05, 0) is 19.0 Å². The second-order valence-corrected chi connectivity index (χ2v) is 3.95. The molecule has 1 heterocycles. The number of halogens is 3. The lowest BCUT2D eigenvalue weighted by Crippen LogP contribution is -2.07. The van der Waals surface area contributed by atoms with Crippen molar-refractivity contribution in [2.45, 2.75) is 19.0 Å². The Hall–Kier alpha value is -1.89. The number of hydrogen-bond acceptors (Lipinski definition) is 4. The molecule has 4 nitrogen and oxygen atoms in total. The molecule has 0 saturated carbocycles. The lowest BCUT2D eigenvalue weighted by Gasteiger charge is -2.09. The van der Waals surface area contributed by atoms with Crippen LogP contribution in [0.2, 0.25) is 0 Å². The molecule has 1 aromatic heterocycles. The van der Waals surface area contributed by atoms with E-state index in [0.29, 0.717) is 19.4 Å². The smallest absolute Gasteiger partial charge is 0.339 e. The Kier molecular flexibility index (Phi) is 3.84. The number of hydrogen-bond donors (Lipinski definition) is 1. The maximum atomic E-state index is 12.8. The molecule has 19 heavy (non-hydrogen) atoms. The van der Waals surface area contributed by atoms with Crippen LogP contribution in [0.4, 0.5) is 13.2 Å². The molecule has 1 aromatic carbocycles. The maximum absolute atomic E-state index is 12.8. The van der Waals surface area contributed by atoms with Gasteiger partial charge in [-0.25, -0.2) is 0 Å². The van der Waals surface area contributed by atoms with Gasteiger partial charge in [-0.15, -0.1) is 0 Å². The maximum Gasteiger partial charge on any atom is 0.417 e. The number of benzene rings is 1. The largest absolute Gasteiger partial charge is 0.417 e. The van der Waals surface area contributed by atoms with E-state index in [4.69, 9.17) is 10.3 Å². The van der Waals surface area contributed by atoms with Crippen LogP contribution in [0.25, 0.3) is 11.4 Å². The van der Waals surface area contributed by atoms with Crippen LogP contribution in [0.3, 0.4) is 0 Å². The lowest BCUT2D eigenvalue weighted by molar-refractivity contribution is -0.137. The third-order valence-electron chi connectivity index (χ3n) is 2.54. The fourth-order valence-corrected chi connectivity index (χ4v) is 1.64. The van der Waals surface area contributed by atoms with Crippen LogP contribution in [0.1, 0.15) is 17.9 Å². The van der Waals surface area contributed by atoms with Gasteiger partial charge < -0.3 is 10.3 Å². The van der Waals surface area contributed by atoms with E-state index >= 15 is 0 Å². The molecule has 2 N–H and O–H groups in total. The van der Waals surface area contributed by atoms with Crippen LogP contribution >= 0.6 is 0 Å². The predicted octanol–water partition coefficient (Wildman–Crippen LogP) is 2.65. The fraction of sp³-hybridized carbons (Fsp3) is 0.333.